The number of anilines is 1. The molecule has 2 aromatic heterocycles. The molecule has 1 amide bonds. The lowest BCUT2D eigenvalue weighted by Gasteiger charge is -2.32. The number of rotatable bonds is 2. The van der Waals surface area contributed by atoms with Gasteiger partial charge in [0, 0.05) is 18.0 Å². The highest BCUT2D eigenvalue weighted by atomic mass is 32.1. The van der Waals surface area contributed by atoms with Crippen LogP contribution in [0.25, 0.3) is 10.2 Å². The van der Waals surface area contributed by atoms with Crippen LogP contribution < -0.4 is 10.6 Å². The van der Waals surface area contributed by atoms with Crippen LogP contribution in [0.1, 0.15) is 42.5 Å². The molecule has 0 aromatic carbocycles. The van der Waals surface area contributed by atoms with Crippen molar-refractivity contribution in [1.29, 1.82) is 0 Å². The molecule has 0 unspecified atom stereocenters. The molecule has 4 rings (SSSR count). The van der Waals surface area contributed by atoms with E-state index in [9.17, 15) is 4.79 Å². The van der Waals surface area contributed by atoms with Crippen LogP contribution >= 0.6 is 11.3 Å². The lowest BCUT2D eigenvalue weighted by Crippen LogP contribution is -2.41. The second-order valence-corrected chi connectivity index (χ2v) is 7.71. The van der Waals surface area contributed by atoms with Crippen molar-refractivity contribution in [2.45, 2.75) is 44.9 Å². The van der Waals surface area contributed by atoms with E-state index >= 15 is 0 Å². The fourth-order valence-electron chi connectivity index (χ4n) is 3.89. The fraction of sp³-hybridized carbons (Fsp3) is 0.588. The topological polar surface area (TPSA) is 72.1 Å². The Hall–Kier alpha value is -1.69. The minimum Gasteiger partial charge on any atom is -0.369 e. The van der Waals surface area contributed by atoms with E-state index in [1.165, 1.54) is 41.5 Å². The van der Waals surface area contributed by atoms with E-state index < -0.39 is 0 Å². The van der Waals surface area contributed by atoms with Gasteiger partial charge >= 0.3 is 0 Å². The summed E-state index contributed by atoms with van der Waals surface area (Å²) in [6.07, 6.45) is 9.67. The number of nitrogens with two attached hydrogens (primary N) is 1. The first-order chi connectivity index (χ1) is 11.2. The lowest BCUT2D eigenvalue weighted by atomic mass is 9.97. The van der Waals surface area contributed by atoms with Crippen molar-refractivity contribution in [2.24, 2.45) is 11.7 Å². The molecule has 1 atom stereocenters. The summed E-state index contributed by atoms with van der Waals surface area (Å²) in [6, 6.07) is 0. The number of hydrogen-bond donors (Lipinski definition) is 1. The standard InChI is InChI=1S/C17H22N4OS/c18-15(22)11-5-4-8-21(9-11)16-14-12-6-2-1-3-7-13(12)23-17(14)20-10-19-16/h10-11H,1-9H2,(H2,18,22)/t11-/m0/s1. The minimum absolute atomic E-state index is 0.0639. The Morgan fingerprint density at radius 1 is 1.22 bits per heavy atom. The van der Waals surface area contributed by atoms with E-state index in [2.05, 4.69) is 14.9 Å². The first kappa shape index (κ1) is 14.9. The Morgan fingerprint density at radius 3 is 2.96 bits per heavy atom. The van der Waals surface area contributed by atoms with E-state index in [1.807, 2.05) is 11.3 Å². The van der Waals surface area contributed by atoms with Crippen LogP contribution in [-0.4, -0.2) is 29.0 Å². The summed E-state index contributed by atoms with van der Waals surface area (Å²) >= 11 is 1.83. The number of aromatic nitrogens is 2. The highest BCUT2D eigenvalue weighted by Crippen LogP contribution is 2.39. The summed E-state index contributed by atoms with van der Waals surface area (Å²) in [5.74, 6) is 0.760. The summed E-state index contributed by atoms with van der Waals surface area (Å²) in [7, 11) is 0. The molecular weight excluding hydrogens is 308 g/mol. The van der Waals surface area contributed by atoms with Crippen molar-refractivity contribution in [2.75, 3.05) is 18.0 Å². The molecule has 1 fully saturated rings. The molecule has 23 heavy (non-hydrogen) atoms. The average molecular weight is 330 g/mol. The highest BCUT2D eigenvalue weighted by molar-refractivity contribution is 7.18. The Morgan fingerprint density at radius 2 is 2.09 bits per heavy atom. The van der Waals surface area contributed by atoms with Crippen LogP contribution in [0.4, 0.5) is 5.82 Å². The fourth-order valence-corrected chi connectivity index (χ4v) is 5.12. The smallest absolute Gasteiger partial charge is 0.222 e. The lowest BCUT2D eigenvalue weighted by molar-refractivity contribution is -0.122. The number of aryl methyl sites for hydroxylation is 2. The average Bonchev–Trinajstić information content (AvgIpc) is 2.76. The molecule has 0 bridgehead atoms. The molecule has 1 aliphatic heterocycles. The molecule has 0 saturated carbocycles. The molecule has 2 aliphatic rings. The second kappa shape index (κ2) is 6.07. The van der Waals surface area contributed by atoms with Gasteiger partial charge in [0.2, 0.25) is 5.91 Å². The zero-order valence-electron chi connectivity index (χ0n) is 13.3. The van der Waals surface area contributed by atoms with Crippen molar-refractivity contribution < 1.29 is 4.79 Å². The van der Waals surface area contributed by atoms with Crippen LogP contribution in [0.3, 0.4) is 0 Å². The summed E-state index contributed by atoms with van der Waals surface area (Å²) < 4.78 is 0. The molecule has 5 nitrogen and oxygen atoms in total. The summed E-state index contributed by atoms with van der Waals surface area (Å²) in [5, 5.41) is 1.24. The highest BCUT2D eigenvalue weighted by Gasteiger charge is 2.28. The van der Waals surface area contributed by atoms with E-state index in [-0.39, 0.29) is 11.8 Å². The maximum absolute atomic E-state index is 11.6. The van der Waals surface area contributed by atoms with Crippen LogP contribution in [0, 0.1) is 5.92 Å². The number of carbonyl (C=O) groups is 1. The first-order valence-electron chi connectivity index (χ1n) is 8.53. The van der Waals surface area contributed by atoms with Gasteiger partial charge in [0.25, 0.3) is 0 Å². The number of amides is 1. The van der Waals surface area contributed by atoms with Gasteiger partial charge < -0.3 is 10.6 Å². The van der Waals surface area contributed by atoms with Gasteiger partial charge in [-0.3, -0.25) is 4.79 Å². The van der Waals surface area contributed by atoms with Gasteiger partial charge in [-0.1, -0.05) is 6.42 Å². The minimum atomic E-state index is -0.191. The Labute approximate surface area is 139 Å². The predicted octanol–water partition coefficient (Wildman–Crippen LogP) is 2.66. The summed E-state index contributed by atoms with van der Waals surface area (Å²) in [5.41, 5.74) is 6.99. The molecule has 122 valence electrons. The maximum Gasteiger partial charge on any atom is 0.222 e. The number of thiophene rings is 1. The second-order valence-electron chi connectivity index (χ2n) is 6.63. The molecule has 0 radical (unpaired) electrons. The molecule has 1 saturated heterocycles. The van der Waals surface area contributed by atoms with Gasteiger partial charge in [0.05, 0.1) is 11.3 Å². The van der Waals surface area contributed by atoms with Gasteiger partial charge in [-0.25, -0.2) is 9.97 Å². The third-order valence-corrected chi connectivity index (χ3v) is 6.30. The molecule has 2 aromatic rings. The molecule has 6 heteroatoms. The van der Waals surface area contributed by atoms with Crippen LogP contribution in [0.2, 0.25) is 0 Å². The first-order valence-corrected chi connectivity index (χ1v) is 9.35. The number of carbonyl (C=O) groups excluding carboxylic acids is 1. The van der Waals surface area contributed by atoms with Crippen molar-refractivity contribution in [3.05, 3.63) is 16.8 Å². The van der Waals surface area contributed by atoms with E-state index in [0.29, 0.717) is 6.54 Å². The van der Waals surface area contributed by atoms with Crippen molar-refractivity contribution in [1.82, 2.24) is 9.97 Å². The van der Waals surface area contributed by atoms with Gasteiger partial charge in [0.1, 0.15) is 17.0 Å². The Balaban J connectivity index is 1.77. The Kier molecular flexibility index (Phi) is 3.93. The van der Waals surface area contributed by atoms with E-state index in [4.69, 9.17) is 5.73 Å². The predicted molar refractivity (Wildman–Crippen MR) is 92.8 cm³/mol. The van der Waals surface area contributed by atoms with Gasteiger partial charge in [0.15, 0.2) is 0 Å². The third-order valence-electron chi connectivity index (χ3n) is 5.10. The van der Waals surface area contributed by atoms with E-state index in [1.54, 1.807) is 6.33 Å². The number of nitrogens with zero attached hydrogens (tertiary/aromatic N) is 3. The molecule has 1 aliphatic carbocycles. The van der Waals surface area contributed by atoms with Gasteiger partial charge in [-0.2, -0.15) is 0 Å². The normalized spacial score (nSPS) is 21.9. The van der Waals surface area contributed by atoms with Gasteiger partial charge in [-0.15, -0.1) is 11.3 Å². The van der Waals surface area contributed by atoms with Crippen molar-refractivity contribution >= 4 is 33.3 Å². The molecule has 0 spiro atoms. The Bertz CT molecular complexity index is 742. The van der Waals surface area contributed by atoms with Crippen LogP contribution in [-0.2, 0) is 17.6 Å². The number of piperidine rings is 1. The number of primary amides is 1. The van der Waals surface area contributed by atoms with Crippen LogP contribution in [0.5, 0.6) is 0 Å². The quantitative estimate of drug-likeness (QED) is 0.859. The van der Waals surface area contributed by atoms with Crippen molar-refractivity contribution in [3.63, 3.8) is 0 Å². The molecular formula is C17H22N4OS. The van der Waals surface area contributed by atoms with E-state index in [0.717, 1.165) is 36.5 Å². The van der Waals surface area contributed by atoms with Crippen LogP contribution in [0.15, 0.2) is 6.33 Å². The molecule has 2 N–H and O–H groups in total. The monoisotopic (exact) mass is 330 g/mol. The zero-order chi connectivity index (χ0) is 15.8. The summed E-state index contributed by atoms with van der Waals surface area (Å²) in [4.78, 5) is 25.5. The number of fused-ring (bicyclic) bond motifs is 3. The van der Waals surface area contributed by atoms with Gasteiger partial charge in [-0.05, 0) is 44.1 Å². The zero-order valence-corrected chi connectivity index (χ0v) is 14.1. The van der Waals surface area contributed by atoms with Crippen molar-refractivity contribution in [3.8, 4) is 0 Å². The summed E-state index contributed by atoms with van der Waals surface area (Å²) in [6.45, 7) is 1.63. The SMILES string of the molecule is NC(=O)[C@H]1CCCN(c2ncnc3sc4c(c23)CCCCC4)C1. The third kappa shape index (κ3) is 2.69. The maximum atomic E-state index is 11.6. The molecule has 3 heterocycles. The number of hydrogen-bond acceptors (Lipinski definition) is 5. The largest absolute Gasteiger partial charge is 0.369 e.